The third-order valence-electron chi connectivity index (χ3n) is 17.5. The van der Waals surface area contributed by atoms with E-state index in [9.17, 15) is 22.0 Å². The second kappa shape index (κ2) is 35.0. The van der Waals surface area contributed by atoms with Crippen molar-refractivity contribution in [3.63, 3.8) is 0 Å². The summed E-state index contributed by atoms with van der Waals surface area (Å²) in [5, 5.41) is 15.4. The lowest BCUT2D eigenvalue weighted by molar-refractivity contribution is -0.137. The summed E-state index contributed by atoms with van der Waals surface area (Å²) in [5.41, 5.74) is 21.3. The zero-order valence-electron chi connectivity index (χ0n) is 58.0. The van der Waals surface area contributed by atoms with E-state index >= 15 is 0 Å². The predicted molar refractivity (Wildman–Crippen MR) is 396 cm³/mol. The molecule has 6 N–H and O–H groups in total. The molecule has 0 spiro atoms. The predicted octanol–water partition coefficient (Wildman–Crippen LogP) is 9.99. The summed E-state index contributed by atoms with van der Waals surface area (Å²) in [4.78, 5) is 40.0. The van der Waals surface area contributed by atoms with E-state index in [1.54, 1.807) is 95.2 Å². The van der Waals surface area contributed by atoms with Crippen molar-refractivity contribution in [3.8, 4) is 46.3 Å². The topological polar surface area (TPSA) is 303 Å². The van der Waals surface area contributed by atoms with E-state index in [-0.39, 0.29) is 29.9 Å². The smallest absolute Gasteiger partial charge is 0.418 e. The standard InChI is InChI=1S/C25H28F3N7O3S.C24H29N7O3S.C21H21F2N7OS/c1-36-12-13-37-17-4-5-19(18(15-17)25(26,27)28)34-8-6-33(7-9-34)10-14-39-22-16-21-30-23(20-3-2-11-38-20)32-35(21)24(29)31-22;1-32-14-15-33-19-6-4-18(5-7-19)30-10-8-29(9-11-30)12-16-35-22-17-21-26-23(20-3-2-13-34-20)28-31(21)24(25)27-22;22-14-3-4-16(15(23)12-14)29-7-5-28(6-8-29)9-11-32-19-13-18-25-20(17-2-1-10-31-17)27-30(18)21(24)26-19/h2-5,11,15-16H,6-10,12-14H2,1H3,(H2,29,31);2-7,13,17H,8-12,14-16H2,1H3,(H2,25,27);1-4,10,12-13H,5-9,11H2,(H2,24,26). The number of methoxy groups -OCH3 is 2. The van der Waals surface area contributed by atoms with Gasteiger partial charge in [-0.25, -0.2) is 38.7 Å². The van der Waals surface area contributed by atoms with Gasteiger partial charge in [-0.3, -0.25) is 14.7 Å². The van der Waals surface area contributed by atoms with E-state index in [1.165, 1.54) is 51.8 Å². The van der Waals surface area contributed by atoms with E-state index in [2.05, 4.69) is 76.9 Å². The van der Waals surface area contributed by atoms with Crippen molar-refractivity contribution in [2.45, 2.75) is 21.3 Å². The fourth-order valence-corrected chi connectivity index (χ4v) is 14.7. The molecule has 3 fully saturated rings. The van der Waals surface area contributed by atoms with Crippen molar-refractivity contribution in [2.24, 2.45) is 0 Å². The highest BCUT2D eigenvalue weighted by molar-refractivity contribution is 7.99. The Kier molecular flexibility index (Phi) is 24.5. The van der Waals surface area contributed by atoms with Gasteiger partial charge in [-0.1, -0.05) is 0 Å². The lowest BCUT2D eigenvalue weighted by Crippen LogP contribution is -2.47. The molecular formula is C70H78F5N21O7S3. The van der Waals surface area contributed by atoms with Crippen LogP contribution < -0.4 is 41.4 Å². The average molecular weight is 1520 g/mol. The van der Waals surface area contributed by atoms with Crippen LogP contribution in [0.2, 0.25) is 0 Å². The van der Waals surface area contributed by atoms with Crippen LogP contribution in [0.25, 0.3) is 51.7 Å². The molecule has 0 unspecified atom stereocenters. The van der Waals surface area contributed by atoms with Crippen molar-refractivity contribution in [1.29, 1.82) is 0 Å². The highest BCUT2D eigenvalue weighted by Crippen LogP contribution is 2.40. The quantitative estimate of drug-likeness (QED) is 0.0196. The van der Waals surface area contributed by atoms with Crippen molar-refractivity contribution >= 4 is 87.1 Å². The molecule has 558 valence electrons. The molecule has 3 aromatic carbocycles. The van der Waals surface area contributed by atoms with Crippen LogP contribution in [0.1, 0.15) is 5.56 Å². The van der Waals surface area contributed by atoms with E-state index in [0.29, 0.717) is 122 Å². The first-order valence-electron chi connectivity index (χ1n) is 34.1. The molecule has 12 heterocycles. The van der Waals surface area contributed by atoms with Gasteiger partial charge >= 0.3 is 6.18 Å². The van der Waals surface area contributed by atoms with Crippen LogP contribution >= 0.6 is 35.3 Å². The van der Waals surface area contributed by atoms with Crippen LogP contribution in [0.3, 0.4) is 0 Å². The molecular weight excluding hydrogens is 1440 g/mol. The summed E-state index contributed by atoms with van der Waals surface area (Å²) >= 11 is 4.82. The van der Waals surface area contributed by atoms with Crippen LogP contribution in [0.5, 0.6) is 11.5 Å². The largest absolute Gasteiger partial charge is 0.491 e. The lowest BCUT2D eigenvalue weighted by atomic mass is 10.1. The van der Waals surface area contributed by atoms with Crippen LogP contribution in [-0.4, -0.2) is 230 Å². The van der Waals surface area contributed by atoms with Crippen LogP contribution in [0.4, 0.5) is 56.9 Å². The van der Waals surface area contributed by atoms with Crippen molar-refractivity contribution < 1.29 is 54.2 Å². The third kappa shape index (κ3) is 19.0. The number of furan rings is 3. The molecule has 0 bridgehead atoms. The maximum absolute atomic E-state index is 14.0. The number of halogens is 5. The number of alkyl halides is 3. The first-order chi connectivity index (χ1) is 51.6. The Morgan fingerprint density at radius 2 is 0.821 bits per heavy atom. The number of piperazine rings is 3. The van der Waals surface area contributed by atoms with Gasteiger partial charge in [0.25, 0.3) is 0 Å². The lowest BCUT2D eigenvalue weighted by Gasteiger charge is -2.37. The van der Waals surface area contributed by atoms with Gasteiger partial charge < -0.3 is 64.1 Å². The number of nitrogens with zero attached hydrogens (tertiary/aromatic N) is 18. The summed E-state index contributed by atoms with van der Waals surface area (Å²) in [6, 6.07) is 32.5. The number of ether oxygens (including phenoxy) is 4. The minimum absolute atomic E-state index is 0.172. The van der Waals surface area contributed by atoms with Crippen molar-refractivity contribution in [3.05, 3.63) is 151 Å². The van der Waals surface area contributed by atoms with Crippen LogP contribution in [0.15, 0.2) is 162 Å². The Balaban J connectivity index is 0.000000141. The molecule has 28 nitrogen and oxygen atoms in total. The maximum Gasteiger partial charge on any atom is 0.418 e. The highest BCUT2D eigenvalue weighted by Gasteiger charge is 2.36. The van der Waals surface area contributed by atoms with Gasteiger partial charge in [0.05, 0.1) is 43.3 Å². The van der Waals surface area contributed by atoms with Crippen molar-refractivity contribution in [2.75, 3.05) is 188 Å². The number of fused-ring (bicyclic) bond motifs is 3. The average Bonchev–Trinajstić information content (AvgIpc) is 1.74. The van der Waals surface area contributed by atoms with Gasteiger partial charge in [0.1, 0.15) is 51.4 Å². The van der Waals surface area contributed by atoms with Crippen LogP contribution in [-0.2, 0) is 15.7 Å². The van der Waals surface area contributed by atoms with E-state index in [0.717, 1.165) is 109 Å². The van der Waals surface area contributed by atoms with Gasteiger partial charge in [-0.05, 0) is 91.0 Å². The Labute approximate surface area is 618 Å². The normalized spacial score (nSPS) is 14.8. The molecule has 0 aliphatic carbocycles. The van der Waals surface area contributed by atoms with Gasteiger partial charge in [0.15, 0.2) is 34.2 Å². The summed E-state index contributed by atoms with van der Waals surface area (Å²) in [6.07, 6.45) is 0.234. The monoisotopic (exact) mass is 1520 g/mol. The SMILES string of the molecule is COCCOc1ccc(N2CCN(CCSc3cc4nc(-c5ccco5)nn4c(N)n3)CC2)c(C(F)(F)F)c1.COCCOc1ccc(N2CCN(CCSc3cc4nc(-c5ccco5)nn4c(N)n3)CC2)cc1.Nc1nc(SCCN2CCN(c3ccc(F)cc3F)CC2)cc2nc(-c3ccco3)nn12. The molecule has 15 rings (SSSR count). The molecule has 3 saturated heterocycles. The number of anilines is 6. The molecule has 0 radical (unpaired) electrons. The number of nitrogens with two attached hydrogens (primary N) is 3. The molecule has 0 saturated carbocycles. The highest BCUT2D eigenvalue weighted by atomic mass is 32.2. The fraction of sp³-hybridized carbons (Fsp3) is 0.357. The molecule has 3 aliphatic rings. The van der Waals surface area contributed by atoms with E-state index in [1.807, 2.05) is 41.3 Å². The number of hydrogen-bond acceptors (Lipinski definition) is 28. The molecule has 0 amide bonds. The summed E-state index contributed by atoms with van der Waals surface area (Å²) in [6.45, 7) is 13.6. The Bertz CT molecular complexity index is 4780. The number of rotatable bonds is 26. The molecule has 12 aromatic rings. The summed E-state index contributed by atoms with van der Waals surface area (Å²) in [7, 11) is 3.18. The summed E-state index contributed by atoms with van der Waals surface area (Å²) in [5.74, 6) is 6.38. The first kappa shape index (κ1) is 74.3. The number of aromatic nitrogens is 12. The number of thioether (sulfide) groups is 3. The first-order valence-corrected chi connectivity index (χ1v) is 37.1. The van der Waals surface area contributed by atoms with E-state index in [4.69, 9.17) is 49.4 Å². The minimum Gasteiger partial charge on any atom is -0.491 e. The van der Waals surface area contributed by atoms with Crippen LogP contribution in [0, 0.1) is 11.6 Å². The van der Waals surface area contributed by atoms with E-state index < -0.39 is 23.4 Å². The molecule has 0 atom stereocenters. The molecule has 36 heteroatoms. The zero-order valence-corrected chi connectivity index (χ0v) is 60.5. The zero-order chi connectivity index (χ0) is 73.5. The minimum atomic E-state index is -4.48. The number of hydrogen-bond donors (Lipinski definition) is 3. The number of nitrogen functional groups attached to an aromatic ring is 3. The maximum atomic E-state index is 14.0. The van der Waals surface area contributed by atoms with Gasteiger partial charge in [0, 0.05) is 165 Å². The van der Waals surface area contributed by atoms with Gasteiger partial charge in [0.2, 0.25) is 35.3 Å². The van der Waals surface area contributed by atoms with Crippen molar-refractivity contribution in [1.82, 2.24) is 73.4 Å². The van der Waals surface area contributed by atoms with Gasteiger partial charge in [-0.2, -0.15) is 26.7 Å². The fourth-order valence-electron chi connectivity index (χ4n) is 12.0. The molecule has 106 heavy (non-hydrogen) atoms. The summed E-state index contributed by atoms with van der Waals surface area (Å²) < 4.78 is 110. The van der Waals surface area contributed by atoms with Gasteiger partial charge in [-0.15, -0.1) is 50.6 Å². The number of benzene rings is 3. The second-order valence-corrected chi connectivity index (χ2v) is 27.7. The Hall–Kier alpha value is -9.95. The Morgan fingerprint density at radius 3 is 1.21 bits per heavy atom. The third-order valence-corrected chi connectivity index (χ3v) is 20.1. The molecule has 3 aliphatic heterocycles. The Morgan fingerprint density at radius 1 is 0.434 bits per heavy atom. The molecule has 9 aromatic heterocycles. The second-order valence-electron chi connectivity index (χ2n) is 24.4.